The summed E-state index contributed by atoms with van der Waals surface area (Å²) in [4.78, 5) is 0. The minimum atomic E-state index is -0.407. The minimum Gasteiger partial charge on any atom is -0.409 e. The Morgan fingerprint density at radius 3 is 3.05 bits per heavy atom. The molecule has 6 heteroatoms. The molecule has 1 heterocycles. The summed E-state index contributed by atoms with van der Waals surface area (Å²) in [6.45, 7) is 2.21. The fraction of sp³-hybridized carbons (Fsp3) is 0.533. The van der Waals surface area contributed by atoms with Crippen molar-refractivity contribution in [3.05, 3.63) is 35.1 Å². The highest BCUT2D eigenvalue weighted by atomic mass is 19.1. The van der Waals surface area contributed by atoms with Gasteiger partial charge in [-0.2, -0.15) is 0 Å². The van der Waals surface area contributed by atoms with Gasteiger partial charge in [0.15, 0.2) is 5.84 Å². The molecule has 0 aliphatic carbocycles. The van der Waals surface area contributed by atoms with Gasteiger partial charge >= 0.3 is 0 Å². The molecule has 0 amide bonds. The standard InChI is InChI=1S/C15H22FN3O2/c16-12-5-4-11(14(9-12)15(17)19-20)10-18-7-6-13-3-1-2-8-21-13/h4-5,9,13,18,20H,1-3,6-8,10H2,(H2,17,19). The second-order valence-electron chi connectivity index (χ2n) is 5.24. The van der Waals surface area contributed by atoms with Crippen LogP contribution in [-0.4, -0.2) is 30.3 Å². The molecule has 1 aliphatic heterocycles. The van der Waals surface area contributed by atoms with Crippen LogP contribution in [0.1, 0.15) is 36.8 Å². The SMILES string of the molecule is N/C(=N/O)c1cc(F)ccc1CNCCC1CCCCO1. The molecule has 0 bridgehead atoms. The van der Waals surface area contributed by atoms with Crippen molar-refractivity contribution in [1.29, 1.82) is 0 Å². The number of ether oxygens (including phenoxy) is 1. The van der Waals surface area contributed by atoms with E-state index in [1.807, 2.05) is 0 Å². The first-order chi connectivity index (χ1) is 10.2. The van der Waals surface area contributed by atoms with Crippen molar-refractivity contribution in [3.63, 3.8) is 0 Å². The number of halogens is 1. The Labute approximate surface area is 124 Å². The molecule has 1 aromatic rings. The van der Waals surface area contributed by atoms with Gasteiger partial charge in [0.2, 0.25) is 0 Å². The number of nitrogens with two attached hydrogens (primary N) is 1. The molecular weight excluding hydrogens is 273 g/mol. The summed E-state index contributed by atoms with van der Waals surface area (Å²) in [5.41, 5.74) is 6.79. The lowest BCUT2D eigenvalue weighted by Gasteiger charge is -2.22. The van der Waals surface area contributed by atoms with Gasteiger partial charge in [0.1, 0.15) is 5.82 Å². The topological polar surface area (TPSA) is 79.9 Å². The molecule has 4 N–H and O–H groups in total. The summed E-state index contributed by atoms with van der Waals surface area (Å²) in [6, 6.07) is 4.29. The van der Waals surface area contributed by atoms with E-state index in [2.05, 4.69) is 10.5 Å². The van der Waals surface area contributed by atoms with Crippen molar-refractivity contribution in [2.45, 2.75) is 38.3 Å². The molecule has 1 aliphatic rings. The van der Waals surface area contributed by atoms with Crippen LogP contribution >= 0.6 is 0 Å². The van der Waals surface area contributed by atoms with E-state index in [0.29, 0.717) is 18.2 Å². The third-order valence-electron chi connectivity index (χ3n) is 3.69. The van der Waals surface area contributed by atoms with Gasteiger partial charge in [0.05, 0.1) is 6.10 Å². The molecule has 1 saturated heterocycles. The van der Waals surface area contributed by atoms with Gasteiger partial charge in [-0.3, -0.25) is 0 Å². The maximum absolute atomic E-state index is 13.2. The number of nitrogens with zero attached hydrogens (tertiary/aromatic N) is 1. The van der Waals surface area contributed by atoms with Crippen LogP contribution in [0.2, 0.25) is 0 Å². The Bertz CT molecular complexity index is 488. The van der Waals surface area contributed by atoms with E-state index in [1.54, 1.807) is 6.07 Å². The Morgan fingerprint density at radius 2 is 2.33 bits per heavy atom. The van der Waals surface area contributed by atoms with Crippen LogP contribution in [0, 0.1) is 5.82 Å². The van der Waals surface area contributed by atoms with Crippen molar-refractivity contribution in [2.75, 3.05) is 13.2 Å². The summed E-state index contributed by atoms with van der Waals surface area (Å²) in [5, 5.41) is 15.0. The van der Waals surface area contributed by atoms with E-state index in [0.717, 1.165) is 38.0 Å². The van der Waals surface area contributed by atoms with E-state index < -0.39 is 5.82 Å². The summed E-state index contributed by atoms with van der Waals surface area (Å²) >= 11 is 0. The fourth-order valence-electron chi connectivity index (χ4n) is 2.52. The average molecular weight is 295 g/mol. The first-order valence-electron chi connectivity index (χ1n) is 7.29. The monoisotopic (exact) mass is 295 g/mol. The highest BCUT2D eigenvalue weighted by Crippen LogP contribution is 2.15. The van der Waals surface area contributed by atoms with Crippen LogP contribution in [0.25, 0.3) is 0 Å². The summed E-state index contributed by atoms with van der Waals surface area (Å²) in [5.74, 6) is -0.488. The maximum Gasteiger partial charge on any atom is 0.170 e. The third kappa shape index (κ3) is 4.68. The Hall–Kier alpha value is -1.66. The number of benzene rings is 1. The average Bonchev–Trinajstić information content (AvgIpc) is 2.53. The van der Waals surface area contributed by atoms with Crippen LogP contribution < -0.4 is 11.1 Å². The second-order valence-corrected chi connectivity index (χ2v) is 5.24. The highest BCUT2D eigenvalue weighted by Gasteiger charge is 2.13. The molecule has 2 rings (SSSR count). The van der Waals surface area contributed by atoms with Gasteiger partial charge in [-0.1, -0.05) is 11.2 Å². The van der Waals surface area contributed by atoms with Crippen LogP contribution in [0.3, 0.4) is 0 Å². The molecule has 1 unspecified atom stereocenters. The van der Waals surface area contributed by atoms with Crippen LogP contribution in [0.15, 0.2) is 23.4 Å². The highest BCUT2D eigenvalue weighted by molar-refractivity contribution is 5.98. The number of oxime groups is 1. The maximum atomic E-state index is 13.2. The van der Waals surface area contributed by atoms with Crippen molar-refractivity contribution < 1.29 is 14.3 Å². The Morgan fingerprint density at radius 1 is 1.48 bits per heavy atom. The number of nitrogens with one attached hydrogen (secondary N) is 1. The molecule has 0 spiro atoms. The van der Waals surface area contributed by atoms with Gasteiger partial charge in [-0.15, -0.1) is 0 Å². The Balaban J connectivity index is 1.85. The van der Waals surface area contributed by atoms with Crippen molar-refractivity contribution in [2.24, 2.45) is 10.9 Å². The summed E-state index contributed by atoms with van der Waals surface area (Å²) < 4.78 is 18.9. The van der Waals surface area contributed by atoms with Crippen LogP contribution in [0.4, 0.5) is 4.39 Å². The molecule has 1 atom stereocenters. The van der Waals surface area contributed by atoms with Gasteiger partial charge in [0.25, 0.3) is 0 Å². The lowest BCUT2D eigenvalue weighted by atomic mass is 10.1. The number of hydrogen-bond donors (Lipinski definition) is 3. The van der Waals surface area contributed by atoms with Gasteiger partial charge in [0, 0.05) is 18.7 Å². The van der Waals surface area contributed by atoms with Crippen molar-refractivity contribution in [1.82, 2.24) is 5.32 Å². The first kappa shape index (κ1) is 15.7. The molecule has 1 aromatic carbocycles. The van der Waals surface area contributed by atoms with Crippen molar-refractivity contribution >= 4 is 5.84 Å². The molecule has 116 valence electrons. The summed E-state index contributed by atoms with van der Waals surface area (Å²) in [6.07, 6.45) is 4.80. The van der Waals surface area contributed by atoms with Gasteiger partial charge < -0.3 is 21.0 Å². The minimum absolute atomic E-state index is 0.0816. The number of rotatable bonds is 6. The zero-order valence-electron chi connectivity index (χ0n) is 12.0. The number of amidine groups is 1. The molecule has 0 radical (unpaired) electrons. The van der Waals surface area contributed by atoms with E-state index in [9.17, 15) is 4.39 Å². The predicted molar refractivity (Wildman–Crippen MR) is 78.8 cm³/mol. The second kappa shape index (κ2) is 7.95. The number of hydrogen-bond acceptors (Lipinski definition) is 4. The Kier molecular flexibility index (Phi) is 5.95. The van der Waals surface area contributed by atoms with Crippen LogP contribution in [-0.2, 0) is 11.3 Å². The quantitative estimate of drug-likeness (QED) is 0.246. The lowest BCUT2D eigenvalue weighted by molar-refractivity contribution is 0.0115. The predicted octanol–water partition coefficient (Wildman–Crippen LogP) is 1.97. The smallest absolute Gasteiger partial charge is 0.170 e. The zero-order chi connectivity index (χ0) is 15.1. The molecule has 0 aromatic heterocycles. The molecular formula is C15H22FN3O2. The molecule has 0 saturated carbocycles. The van der Waals surface area contributed by atoms with Crippen LogP contribution in [0.5, 0.6) is 0 Å². The van der Waals surface area contributed by atoms with E-state index in [-0.39, 0.29) is 5.84 Å². The first-order valence-corrected chi connectivity index (χ1v) is 7.29. The van der Waals surface area contributed by atoms with E-state index in [4.69, 9.17) is 15.7 Å². The van der Waals surface area contributed by atoms with E-state index in [1.165, 1.54) is 18.6 Å². The van der Waals surface area contributed by atoms with Crippen molar-refractivity contribution in [3.8, 4) is 0 Å². The molecule has 21 heavy (non-hydrogen) atoms. The largest absolute Gasteiger partial charge is 0.409 e. The van der Waals surface area contributed by atoms with E-state index >= 15 is 0 Å². The zero-order valence-corrected chi connectivity index (χ0v) is 12.0. The molecule has 5 nitrogen and oxygen atoms in total. The summed E-state index contributed by atoms with van der Waals surface area (Å²) in [7, 11) is 0. The lowest BCUT2D eigenvalue weighted by Crippen LogP contribution is -2.26. The van der Waals surface area contributed by atoms with Gasteiger partial charge in [-0.05, 0) is 49.9 Å². The molecule has 1 fully saturated rings. The van der Waals surface area contributed by atoms with Gasteiger partial charge in [-0.25, -0.2) is 4.39 Å². The fourth-order valence-corrected chi connectivity index (χ4v) is 2.52. The normalized spacial score (nSPS) is 19.7. The third-order valence-corrected chi connectivity index (χ3v) is 3.69.